The number of likely N-dealkylation sites (tertiary alicyclic amines) is 1. The first-order chi connectivity index (χ1) is 14.1. The lowest BCUT2D eigenvalue weighted by Gasteiger charge is -2.18. The molecule has 1 atom stereocenters. The molecule has 8 heteroatoms. The summed E-state index contributed by atoms with van der Waals surface area (Å²) in [5, 5.41) is 0. The van der Waals surface area contributed by atoms with Crippen molar-refractivity contribution in [3.63, 3.8) is 0 Å². The standard InChI is InChI=1S/C21H16F2N4O2/c22-16-4-3-13(10-17(16)23)21(28)26-8-5-15(11-26)27-19(14-6-9-29-12-14)25-18-2-1-7-24-20(18)27/h1-4,6-7,9-10,12,15H,5,8,11H2. The summed E-state index contributed by atoms with van der Waals surface area (Å²) in [5.41, 5.74) is 2.45. The van der Waals surface area contributed by atoms with Crippen LogP contribution in [0.25, 0.3) is 22.6 Å². The Bertz CT molecular complexity index is 1200. The van der Waals surface area contributed by atoms with Crippen LogP contribution in [0.4, 0.5) is 8.78 Å². The predicted molar refractivity (Wildman–Crippen MR) is 101 cm³/mol. The number of carbonyl (C=O) groups is 1. The molecule has 0 saturated carbocycles. The topological polar surface area (TPSA) is 64.2 Å². The van der Waals surface area contributed by atoms with Crippen LogP contribution >= 0.6 is 0 Å². The number of nitrogens with zero attached hydrogens (tertiary/aromatic N) is 4. The van der Waals surface area contributed by atoms with E-state index in [-0.39, 0.29) is 17.5 Å². The third-order valence-electron chi connectivity index (χ3n) is 5.21. The summed E-state index contributed by atoms with van der Waals surface area (Å²) in [4.78, 5) is 23.6. The number of amides is 1. The molecule has 29 heavy (non-hydrogen) atoms. The number of hydrogen-bond acceptors (Lipinski definition) is 4. The van der Waals surface area contributed by atoms with E-state index in [1.165, 1.54) is 6.07 Å². The van der Waals surface area contributed by atoms with Crippen LogP contribution in [0.3, 0.4) is 0 Å². The maximum atomic E-state index is 13.5. The number of fused-ring (bicyclic) bond motifs is 1. The van der Waals surface area contributed by atoms with Gasteiger partial charge in [0.15, 0.2) is 17.3 Å². The molecule has 146 valence electrons. The van der Waals surface area contributed by atoms with Crippen molar-refractivity contribution in [3.8, 4) is 11.4 Å². The Morgan fingerprint density at radius 1 is 1.17 bits per heavy atom. The van der Waals surface area contributed by atoms with E-state index in [0.29, 0.717) is 19.5 Å². The van der Waals surface area contributed by atoms with Crippen molar-refractivity contribution < 1.29 is 18.0 Å². The second-order valence-corrected chi connectivity index (χ2v) is 6.99. The fourth-order valence-electron chi connectivity index (χ4n) is 3.82. The van der Waals surface area contributed by atoms with Crippen LogP contribution in [-0.2, 0) is 0 Å². The van der Waals surface area contributed by atoms with Gasteiger partial charge in [0.05, 0.1) is 17.9 Å². The van der Waals surface area contributed by atoms with E-state index in [1.807, 2.05) is 22.8 Å². The third-order valence-corrected chi connectivity index (χ3v) is 5.21. The monoisotopic (exact) mass is 394 g/mol. The first-order valence-corrected chi connectivity index (χ1v) is 9.21. The third kappa shape index (κ3) is 2.97. The summed E-state index contributed by atoms with van der Waals surface area (Å²) < 4.78 is 34.0. The average Bonchev–Trinajstić information content (AvgIpc) is 3.47. The smallest absolute Gasteiger partial charge is 0.254 e. The molecule has 6 nitrogen and oxygen atoms in total. The minimum atomic E-state index is -1.03. The van der Waals surface area contributed by atoms with Gasteiger partial charge in [-0.3, -0.25) is 4.79 Å². The number of pyridine rings is 1. The van der Waals surface area contributed by atoms with Crippen molar-refractivity contribution in [2.24, 2.45) is 0 Å². The Kier molecular flexibility index (Phi) is 4.12. The molecule has 0 aliphatic carbocycles. The predicted octanol–water partition coefficient (Wildman–Crippen LogP) is 4.06. The summed E-state index contributed by atoms with van der Waals surface area (Å²) >= 11 is 0. The minimum absolute atomic E-state index is 0.0472. The molecule has 4 aromatic rings. The maximum absolute atomic E-state index is 13.5. The van der Waals surface area contributed by atoms with Crippen molar-refractivity contribution in [1.82, 2.24) is 19.4 Å². The van der Waals surface area contributed by atoms with Crippen LogP contribution in [0.2, 0.25) is 0 Å². The van der Waals surface area contributed by atoms with Crippen molar-refractivity contribution in [3.05, 3.63) is 72.3 Å². The van der Waals surface area contributed by atoms with Crippen LogP contribution in [0.1, 0.15) is 22.8 Å². The molecule has 4 heterocycles. The van der Waals surface area contributed by atoms with Crippen LogP contribution < -0.4 is 0 Å². The number of rotatable bonds is 3. The molecule has 5 rings (SSSR count). The zero-order valence-corrected chi connectivity index (χ0v) is 15.3. The Morgan fingerprint density at radius 2 is 2.07 bits per heavy atom. The number of imidazole rings is 1. The molecule has 0 bridgehead atoms. The highest BCUT2D eigenvalue weighted by Gasteiger charge is 2.31. The van der Waals surface area contributed by atoms with Crippen molar-refractivity contribution >= 4 is 17.1 Å². The lowest BCUT2D eigenvalue weighted by atomic mass is 10.2. The van der Waals surface area contributed by atoms with E-state index < -0.39 is 11.6 Å². The first kappa shape index (κ1) is 17.5. The molecule has 1 amide bonds. The summed E-state index contributed by atoms with van der Waals surface area (Å²) in [5.74, 6) is -1.60. The van der Waals surface area contributed by atoms with E-state index in [4.69, 9.17) is 9.40 Å². The number of hydrogen-bond donors (Lipinski definition) is 0. The highest BCUT2D eigenvalue weighted by Crippen LogP contribution is 2.32. The number of furan rings is 1. The van der Waals surface area contributed by atoms with E-state index in [0.717, 1.165) is 34.7 Å². The summed E-state index contributed by atoms with van der Waals surface area (Å²) in [6.07, 6.45) is 5.61. The fraction of sp³-hybridized carbons (Fsp3) is 0.190. The van der Waals surface area contributed by atoms with E-state index in [9.17, 15) is 13.6 Å². The summed E-state index contributed by atoms with van der Waals surface area (Å²) in [7, 11) is 0. The molecular weight excluding hydrogens is 378 g/mol. The van der Waals surface area contributed by atoms with E-state index in [1.54, 1.807) is 23.6 Å². The van der Waals surface area contributed by atoms with Gasteiger partial charge in [0.1, 0.15) is 17.6 Å². The Morgan fingerprint density at radius 3 is 2.86 bits per heavy atom. The molecule has 1 saturated heterocycles. The van der Waals surface area contributed by atoms with Gasteiger partial charge in [0.25, 0.3) is 5.91 Å². The molecule has 1 aromatic carbocycles. The summed E-state index contributed by atoms with van der Waals surface area (Å²) in [6.45, 7) is 0.921. The number of benzene rings is 1. The maximum Gasteiger partial charge on any atom is 0.254 e. The van der Waals surface area contributed by atoms with Crippen LogP contribution in [0, 0.1) is 11.6 Å². The molecule has 1 aliphatic rings. The molecule has 1 fully saturated rings. The Balaban J connectivity index is 1.48. The van der Waals surface area contributed by atoms with Gasteiger partial charge in [0.2, 0.25) is 0 Å². The molecule has 3 aromatic heterocycles. The van der Waals surface area contributed by atoms with E-state index in [2.05, 4.69) is 4.98 Å². The van der Waals surface area contributed by atoms with Crippen molar-refractivity contribution in [1.29, 1.82) is 0 Å². The molecule has 0 N–H and O–H groups in total. The lowest BCUT2D eigenvalue weighted by molar-refractivity contribution is 0.0787. The number of halogens is 2. The van der Waals surface area contributed by atoms with Gasteiger partial charge < -0.3 is 13.9 Å². The zero-order chi connectivity index (χ0) is 20.0. The Hall–Kier alpha value is -3.55. The van der Waals surface area contributed by atoms with Gasteiger partial charge in [-0.15, -0.1) is 0 Å². The average molecular weight is 394 g/mol. The first-order valence-electron chi connectivity index (χ1n) is 9.21. The van der Waals surface area contributed by atoms with Gasteiger partial charge in [0, 0.05) is 24.8 Å². The van der Waals surface area contributed by atoms with Crippen LogP contribution in [0.15, 0.2) is 59.5 Å². The highest BCUT2D eigenvalue weighted by molar-refractivity contribution is 5.94. The second-order valence-electron chi connectivity index (χ2n) is 6.99. The van der Waals surface area contributed by atoms with Crippen molar-refractivity contribution in [2.45, 2.75) is 12.5 Å². The highest BCUT2D eigenvalue weighted by atomic mass is 19.2. The largest absolute Gasteiger partial charge is 0.472 e. The SMILES string of the molecule is O=C(c1ccc(F)c(F)c1)N1CCC(n2c(-c3ccoc3)nc3cccnc32)C1. The van der Waals surface area contributed by atoms with Gasteiger partial charge in [-0.2, -0.15) is 0 Å². The number of carbonyl (C=O) groups excluding carboxylic acids is 1. The molecular formula is C21H16F2N4O2. The van der Waals surface area contributed by atoms with Crippen LogP contribution in [0.5, 0.6) is 0 Å². The minimum Gasteiger partial charge on any atom is -0.472 e. The lowest BCUT2D eigenvalue weighted by Crippen LogP contribution is -2.29. The van der Waals surface area contributed by atoms with Gasteiger partial charge in [-0.1, -0.05) is 0 Å². The molecule has 0 radical (unpaired) electrons. The van der Waals surface area contributed by atoms with Gasteiger partial charge in [-0.25, -0.2) is 18.7 Å². The molecule has 1 aliphatic heterocycles. The quantitative estimate of drug-likeness (QED) is 0.526. The number of aromatic nitrogens is 3. The Labute approximate surface area is 164 Å². The zero-order valence-electron chi connectivity index (χ0n) is 15.3. The van der Waals surface area contributed by atoms with E-state index >= 15 is 0 Å². The molecule has 0 spiro atoms. The van der Waals surface area contributed by atoms with Gasteiger partial charge >= 0.3 is 0 Å². The molecule has 1 unspecified atom stereocenters. The van der Waals surface area contributed by atoms with Crippen molar-refractivity contribution in [2.75, 3.05) is 13.1 Å². The fourth-order valence-corrected chi connectivity index (χ4v) is 3.82. The normalized spacial score (nSPS) is 16.6. The second kappa shape index (κ2) is 6.80. The summed E-state index contributed by atoms with van der Waals surface area (Å²) in [6, 6.07) is 8.72. The van der Waals surface area contributed by atoms with Gasteiger partial charge in [-0.05, 0) is 42.8 Å². The van der Waals surface area contributed by atoms with Crippen LogP contribution in [-0.4, -0.2) is 38.4 Å².